The van der Waals surface area contributed by atoms with Crippen LogP contribution in [-0.2, 0) is 4.74 Å². The molecular weight excluding hydrogens is 384 g/mol. The van der Waals surface area contributed by atoms with Crippen LogP contribution in [0.15, 0.2) is 47.8 Å². The van der Waals surface area contributed by atoms with Gasteiger partial charge in [-0.05, 0) is 36.4 Å². The van der Waals surface area contributed by atoms with Crippen LogP contribution in [0.2, 0.25) is 0 Å². The average Bonchev–Trinajstić information content (AvgIpc) is 3.30. The summed E-state index contributed by atoms with van der Waals surface area (Å²) in [5, 5.41) is 8.88. The summed E-state index contributed by atoms with van der Waals surface area (Å²) in [5.74, 6) is 0. The number of amides is 2. The number of urea groups is 1. The highest BCUT2D eigenvalue weighted by Gasteiger charge is 2.26. The summed E-state index contributed by atoms with van der Waals surface area (Å²) >= 11 is 1.76. The predicted molar refractivity (Wildman–Crippen MR) is 118 cm³/mol. The van der Waals surface area contributed by atoms with Crippen molar-refractivity contribution in [2.75, 3.05) is 51.3 Å². The minimum atomic E-state index is 0.0537. The third-order valence-corrected chi connectivity index (χ3v) is 6.70. The molecule has 2 aliphatic heterocycles. The second kappa shape index (κ2) is 10.1. The Labute approximate surface area is 176 Å². The highest BCUT2D eigenvalue weighted by atomic mass is 32.1. The number of nitrogens with one attached hydrogen (secondary N) is 2. The van der Waals surface area contributed by atoms with Gasteiger partial charge < -0.3 is 20.3 Å². The number of rotatable bonds is 6. The molecule has 4 rings (SSSR count). The summed E-state index contributed by atoms with van der Waals surface area (Å²) < 4.78 is 5.50. The van der Waals surface area contributed by atoms with Gasteiger partial charge in [0.2, 0.25) is 0 Å². The molecule has 0 bridgehead atoms. The molecule has 2 aromatic rings. The van der Waals surface area contributed by atoms with E-state index in [2.05, 4.69) is 45.2 Å². The fourth-order valence-corrected chi connectivity index (χ4v) is 4.93. The molecule has 2 N–H and O–H groups in total. The molecule has 0 spiro atoms. The Balaban J connectivity index is 1.26. The molecular formula is C22H30N4O2S. The number of carbonyl (C=O) groups is 1. The molecule has 1 atom stereocenters. The quantitative estimate of drug-likeness (QED) is 0.761. The highest BCUT2D eigenvalue weighted by Crippen LogP contribution is 2.25. The van der Waals surface area contributed by atoms with Gasteiger partial charge in [0.1, 0.15) is 0 Å². The summed E-state index contributed by atoms with van der Waals surface area (Å²) in [4.78, 5) is 18.5. The molecule has 2 fully saturated rings. The van der Waals surface area contributed by atoms with E-state index in [-0.39, 0.29) is 12.1 Å². The number of ether oxygens (including phenoxy) is 1. The highest BCUT2D eigenvalue weighted by molar-refractivity contribution is 7.10. The van der Waals surface area contributed by atoms with Gasteiger partial charge in [-0.3, -0.25) is 4.90 Å². The van der Waals surface area contributed by atoms with Gasteiger partial charge in [-0.2, -0.15) is 0 Å². The zero-order chi connectivity index (χ0) is 19.9. The zero-order valence-electron chi connectivity index (χ0n) is 16.8. The lowest BCUT2D eigenvalue weighted by Gasteiger charge is -2.36. The largest absolute Gasteiger partial charge is 0.382 e. The number of nitrogens with zero attached hydrogens (tertiary/aromatic N) is 2. The van der Waals surface area contributed by atoms with Crippen molar-refractivity contribution in [3.63, 3.8) is 0 Å². The number of thiophene rings is 1. The summed E-state index contributed by atoms with van der Waals surface area (Å²) in [7, 11) is 0. The van der Waals surface area contributed by atoms with E-state index in [1.54, 1.807) is 11.3 Å². The molecule has 2 saturated heterocycles. The van der Waals surface area contributed by atoms with E-state index in [0.717, 1.165) is 57.9 Å². The predicted octanol–water partition coefficient (Wildman–Crippen LogP) is 3.41. The van der Waals surface area contributed by atoms with Crippen molar-refractivity contribution in [1.82, 2.24) is 15.1 Å². The molecule has 0 radical (unpaired) electrons. The van der Waals surface area contributed by atoms with Gasteiger partial charge in [-0.15, -0.1) is 11.3 Å². The molecule has 6 nitrogen and oxygen atoms in total. The number of anilines is 1. The molecule has 0 aliphatic carbocycles. The Bertz CT molecular complexity index is 741. The molecule has 1 unspecified atom stereocenters. The Morgan fingerprint density at radius 1 is 1.07 bits per heavy atom. The van der Waals surface area contributed by atoms with Crippen molar-refractivity contribution in [3.05, 3.63) is 52.7 Å². The number of hydrogen-bond donors (Lipinski definition) is 2. The molecule has 1 aromatic carbocycles. The molecule has 156 valence electrons. The van der Waals surface area contributed by atoms with Crippen molar-refractivity contribution in [3.8, 4) is 0 Å². The van der Waals surface area contributed by atoms with Gasteiger partial charge >= 0.3 is 6.03 Å². The second-order valence-corrected chi connectivity index (χ2v) is 8.62. The summed E-state index contributed by atoms with van der Waals surface area (Å²) in [5.41, 5.74) is 1.15. The van der Waals surface area contributed by atoms with Gasteiger partial charge in [-0.25, -0.2) is 4.79 Å². The first kappa shape index (κ1) is 20.2. The monoisotopic (exact) mass is 414 g/mol. The number of carbonyl (C=O) groups excluding carboxylic acids is 1. The zero-order valence-corrected chi connectivity index (χ0v) is 17.6. The van der Waals surface area contributed by atoms with E-state index in [9.17, 15) is 4.79 Å². The molecule has 3 heterocycles. The molecule has 29 heavy (non-hydrogen) atoms. The first-order valence-electron chi connectivity index (χ1n) is 10.5. The third kappa shape index (κ3) is 5.50. The Kier molecular flexibility index (Phi) is 7.03. The van der Waals surface area contributed by atoms with Crippen LogP contribution in [-0.4, -0.2) is 67.8 Å². The van der Waals surface area contributed by atoms with Crippen molar-refractivity contribution >= 4 is 23.1 Å². The van der Waals surface area contributed by atoms with Crippen LogP contribution >= 0.6 is 11.3 Å². The SMILES string of the molecule is O=C(NCC(c1cccs1)N1CCOCC1)N1CCC(Nc2ccccc2)CC1. The van der Waals surface area contributed by atoms with E-state index in [4.69, 9.17) is 4.74 Å². The van der Waals surface area contributed by atoms with E-state index in [1.165, 1.54) is 4.88 Å². The van der Waals surface area contributed by atoms with E-state index < -0.39 is 0 Å². The van der Waals surface area contributed by atoms with Crippen LogP contribution in [0.4, 0.5) is 10.5 Å². The minimum absolute atomic E-state index is 0.0537. The molecule has 0 saturated carbocycles. The van der Waals surface area contributed by atoms with Crippen LogP contribution in [0.1, 0.15) is 23.8 Å². The fraction of sp³-hybridized carbons (Fsp3) is 0.500. The maximum Gasteiger partial charge on any atom is 0.317 e. The number of benzene rings is 1. The van der Waals surface area contributed by atoms with E-state index >= 15 is 0 Å². The topological polar surface area (TPSA) is 56.8 Å². The number of morpholine rings is 1. The van der Waals surface area contributed by atoms with Crippen LogP contribution in [0.3, 0.4) is 0 Å². The van der Waals surface area contributed by atoms with Gasteiger partial charge in [0.25, 0.3) is 0 Å². The van der Waals surface area contributed by atoms with Gasteiger partial charge in [0, 0.05) is 49.3 Å². The molecule has 2 amide bonds. The number of likely N-dealkylation sites (tertiary alicyclic amines) is 1. The lowest BCUT2D eigenvalue weighted by Crippen LogP contribution is -2.49. The van der Waals surface area contributed by atoms with E-state index in [1.807, 2.05) is 23.1 Å². The van der Waals surface area contributed by atoms with Crippen molar-refractivity contribution < 1.29 is 9.53 Å². The lowest BCUT2D eigenvalue weighted by atomic mass is 10.0. The molecule has 1 aromatic heterocycles. The van der Waals surface area contributed by atoms with Gasteiger partial charge in [0.05, 0.1) is 19.3 Å². The number of hydrogen-bond acceptors (Lipinski definition) is 5. The molecule has 2 aliphatic rings. The lowest BCUT2D eigenvalue weighted by molar-refractivity contribution is 0.0171. The van der Waals surface area contributed by atoms with Crippen LogP contribution in [0, 0.1) is 0 Å². The first-order chi connectivity index (χ1) is 14.3. The molecule has 7 heteroatoms. The fourth-order valence-electron chi connectivity index (χ4n) is 4.07. The van der Waals surface area contributed by atoms with Crippen molar-refractivity contribution in [2.24, 2.45) is 0 Å². The Hall–Kier alpha value is -2.09. The van der Waals surface area contributed by atoms with Crippen LogP contribution < -0.4 is 10.6 Å². The maximum absolute atomic E-state index is 12.8. The average molecular weight is 415 g/mol. The van der Waals surface area contributed by atoms with Gasteiger partial charge in [0.15, 0.2) is 0 Å². The normalized spacial score (nSPS) is 19.7. The maximum atomic E-state index is 12.8. The first-order valence-corrected chi connectivity index (χ1v) is 11.4. The second-order valence-electron chi connectivity index (χ2n) is 7.64. The standard InChI is InChI=1S/C22H30N4O2S/c27-22(26-10-8-19(9-11-26)24-18-5-2-1-3-6-18)23-17-20(21-7-4-16-29-21)25-12-14-28-15-13-25/h1-7,16,19-20,24H,8-15,17H2,(H,23,27). The summed E-state index contributed by atoms with van der Waals surface area (Å²) in [6, 6.07) is 15.2. The Morgan fingerprint density at radius 2 is 1.83 bits per heavy atom. The summed E-state index contributed by atoms with van der Waals surface area (Å²) in [6.07, 6.45) is 1.94. The van der Waals surface area contributed by atoms with Crippen LogP contribution in [0.5, 0.6) is 0 Å². The third-order valence-electron chi connectivity index (χ3n) is 5.73. The summed E-state index contributed by atoms with van der Waals surface area (Å²) in [6.45, 7) is 5.57. The number of piperidine rings is 1. The van der Waals surface area contributed by atoms with Crippen LogP contribution in [0.25, 0.3) is 0 Å². The van der Waals surface area contributed by atoms with Crippen molar-refractivity contribution in [1.29, 1.82) is 0 Å². The van der Waals surface area contributed by atoms with Gasteiger partial charge in [-0.1, -0.05) is 24.3 Å². The smallest absolute Gasteiger partial charge is 0.317 e. The minimum Gasteiger partial charge on any atom is -0.382 e. The van der Waals surface area contributed by atoms with E-state index in [0.29, 0.717) is 12.6 Å². The number of para-hydroxylation sites is 1. The van der Waals surface area contributed by atoms with Crippen molar-refractivity contribution in [2.45, 2.75) is 24.9 Å². The Morgan fingerprint density at radius 3 is 2.52 bits per heavy atom.